The summed E-state index contributed by atoms with van der Waals surface area (Å²) in [5.74, 6) is 0.734. The van der Waals surface area contributed by atoms with E-state index in [1.807, 2.05) is 0 Å². The van der Waals surface area contributed by atoms with Gasteiger partial charge in [-0.1, -0.05) is 25.7 Å². The first-order valence-corrected chi connectivity index (χ1v) is 8.42. The Kier molecular flexibility index (Phi) is 10.1. The summed E-state index contributed by atoms with van der Waals surface area (Å²) in [6.45, 7) is 3.31. The van der Waals surface area contributed by atoms with Crippen LogP contribution in [-0.2, 0) is 9.53 Å². The molecule has 0 bridgehead atoms. The van der Waals surface area contributed by atoms with Crippen molar-refractivity contribution in [3.05, 3.63) is 0 Å². The minimum Gasteiger partial charge on any atom is -0.381 e. The lowest BCUT2D eigenvalue weighted by atomic mass is 9.96. The predicted octanol–water partition coefficient (Wildman–Crippen LogP) is 2.65. The van der Waals surface area contributed by atoms with Crippen LogP contribution in [0, 0.1) is 5.92 Å². The smallest absolute Gasteiger partial charge is 0.220 e. The van der Waals surface area contributed by atoms with E-state index in [9.17, 15) is 4.79 Å². The molecule has 0 aromatic heterocycles. The molecule has 5 heteroatoms. The average Bonchev–Trinajstić information content (AvgIpc) is 2.73. The van der Waals surface area contributed by atoms with Crippen molar-refractivity contribution >= 4 is 18.3 Å². The highest BCUT2D eigenvalue weighted by molar-refractivity contribution is 5.85. The number of carbonyl (C=O) groups is 1. The Bertz CT molecular complexity index is 275. The second kappa shape index (κ2) is 11.3. The van der Waals surface area contributed by atoms with Gasteiger partial charge in [0.2, 0.25) is 5.91 Å². The zero-order chi connectivity index (χ0) is 14.0. The first-order valence-electron chi connectivity index (χ1n) is 8.42. The number of carbonyl (C=O) groups excluding carboxylic acids is 1. The molecule has 1 saturated carbocycles. The minimum absolute atomic E-state index is 0. The predicted molar refractivity (Wildman–Crippen MR) is 87.9 cm³/mol. The van der Waals surface area contributed by atoms with Crippen LogP contribution in [0.15, 0.2) is 0 Å². The van der Waals surface area contributed by atoms with Crippen molar-refractivity contribution < 1.29 is 9.53 Å². The number of nitrogens with one attached hydrogen (secondary N) is 2. The van der Waals surface area contributed by atoms with Gasteiger partial charge >= 0.3 is 0 Å². The fourth-order valence-electron chi connectivity index (χ4n) is 3.25. The molecular weight excluding hydrogens is 288 g/mol. The quantitative estimate of drug-likeness (QED) is 0.585. The molecule has 1 amide bonds. The van der Waals surface area contributed by atoms with E-state index in [1.54, 1.807) is 0 Å². The zero-order valence-electron chi connectivity index (χ0n) is 13.1. The van der Waals surface area contributed by atoms with Crippen molar-refractivity contribution in [1.29, 1.82) is 0 Å². The number of ether oxygens (including phenoxy) is 1. The van der Waals surface area contributed by atoms with Gasteiger partial charge in [0.1, 0.15) is 0 Å². The fraction of sp³-hybridized carbons (Fsp3) is 0.938. The number of hydrogen-bond acceptors (Lipinski definition) is 3. The third kappa shape index (κ3) is 8.03. The van der Waals surface area contributed by atoms with E-state index in [0.29, 0.717) is 18.4 Å². The van der Waals surface area contributed by atoms with Crippen LogP contribution in [0.5, 0.6) is 0 Å². The lowest BCUT2D eigenvalue weighted by Crippen LogP contribution is -2.37. The first kappa shape index (κ1) is 18.7. The van der Waals surface area contributed by atoms with Gasteiger partial charge in [-0.3, -0.25) is 4.79 Å². The Morgan fingerprint density at radius 3 is 2.29 bits per heavy atom. The average molecular weight is 319 g/mol. The van der Waals surface area contributed by atoms with E-state index in [1.165, 1.54) is 38.5 Å². The maximum Gasteiger partial charge on any atom is 0.220 e. The van der Waals surface area contributed by atoms with Gasteiger partial charge in [-0.15, -0.1) is 12.4 Å². The Hall–Kier alpha value is -0.320. The van der Waals surface area contributed by atoms with Crippen LogP contribution in [0.2, 0.25) is 0 Å². The van der Waals surface area contributed by atoms with E-state index >= 15 is 0 Å². The lowest BCUT2D eigenvalue weighted by Gasteiger charge is -2.21. The normalized spacial score (nSPS) is 21.3. The summed E-state index contributed by atoms with van der Waals surface area (Å²) >= 11 is 0. The highest BCUT2D eigenvalue weighted by atomic mass is 35.5. The minimum atomic E-state index is 0. The molecule has 0 spiro atoms. The standard InChI is InChI=1S/C16H30N2O2.ClH/c19-16(13-14-7-11-20-12-8-14)18-10-9-17-15-5-3-1-2-4-6-15;/h14-15,17H,1-13H2,(H,18,19);1H. The second-order valence-corrected chi connectivity index (χ2v) is 6.25. The van der Waals surface area contributed by atoms with Gasteiger partial charge in [-0.25, -0.2) is 0 Å². The van der Waals surface area contributed by atoms with Gasteiger partial charge in [-0.2, -0.15) is 0 Å². The SMILES string of the molecule is Cl.O=C(CC1CCOCC1)NCCNC1CCCCCC1. The number of halogens is 1. The van der Waals surface area contributed by atoms with Gasteiger partial charge in [0.25, 0.3) is 0 Å². The number of hydrogen-bond donors (Lipinski definition) is 2. The van der Waals surface area contributed by atoms with Gasteiger partial charge in [0.05, 0.1) is 0 Å². The molecule has 0 radical (unpaired) electrons. The molecule has 2 fully saturated rings. The molecule has 2 aliphatic rings. The van der Waals surface area contributed by atoms with E-state index in [4.69, 9.17) is 4.74 Å². The molecule has 1 aliphatic carbocycles. The highest BCUT2D eigenvalue weighted by Gasteiger charge is 2.17. The molecule has 4 nitrogen and oxygen atoms in total. The van der Waals surface area contributed by atoms with Crippen molar-refractivity contribution in [3.63, 3.8) is 0 Å². The summed E-state index contributed by atoms with van der Waals surface area (Å²) in [6.07, 6.45) is 10.8. The van der Waals surface area contributed by atoms with E-state index in [0.717, 1.165) is 39.1 Å². The molecule has 0 atom stereocenters. The van der Waals surface area contributed by atoms with Crippen LogP contribution in [0.25, 0.3) is 0 Å². The molecule has 0 aromatic carbocycles. The van der Waals surface area contributed by atoms with E-state index < -0.39 is 0 Å². The third-order valence-corrected chi connectivity index (χ3v) is 4.55. The van der Waals surface area contributed by atoms with E-state index in [-0.39, 0.29) is 18.3 Å². The largest absolute Gasteiger partial charge is 0.381 e. The Balaban J connectivity index is 0.00000220. The number of amides is 1. The van der Waals surface area contributed by atoms with Crippen LogP contribution in [0.4, 0.5) is 0 Å². The second-order valence-electron chi connectivity index (χ2n) is 6.25. The van der Waals surface area contributed by atoms with Crippen LogP contribution in [0.3, 0.4) is 0 Å². The molecule has 1 heterocycles. The molecule has 21 heavy (non-hydrogen) atoms. The van der Waals surface area contributed by atoms with Crippen molar-refractivity contribution in [1.82, 2.24) is 10.6 Å². The Morgan fingerprint density at radius 1 is 0.952 bits per heavy atom. The van der Waals surface area contributed by atoms with E-state index in [2.05, 4.69) is 10.6 Å². The molecule has 1 aliphatic heterocycles. The van der Waals surface area contributed by atoms with Gasteiger partial charge in [-0.05, 0) is 31.6 Å². The summed E-state index contributed by atoms with van der Waals surface area (Å²) in [5.41, 5.74) is 0. The van der Waals surface area contributed by atoms with Gasteiger partial charge < -0.3 is 15.4 Å². The first-order chi connectivity index (χ1) is 9.84. The zero-order valence-corrected chi connectivity index (χ0v) is 13.9. The van der Waals surface area contributed by atoms with Crippen LogP contribution >= 0.6 is 12.4 Å². The molecule has 1 saturated heterocycles. The van der Waals surface area contributed by atoms with Gasteiger partial charge in [0.15, 0.2) is 0 Å². The monoisotopic (exact) mass is 318 g/mol. The Labute approximate surface area is 135 Å². The molecular formula is C16H31ClN2O2. The van der Waals surface area contributed by atoms with Gasteiger partial charge in [0, 0.05) is 38.8 Å². The van der Waals surface area contributed by atoms with Crippen molar-refractivity contribution in [2.75, 3.05) is 26.3 Å². The summed E-state index contributed by atoms with van der Waals surface area (Å²) in [6, 6.07) is 0.671. The maximum atomic E-state index is 11.8. The van der Waals surface area contributed by atoms with Crippen molar-refractivity contribution in [2.24, 2.45) is 5.92 Å². The molecule has 2 rings (SSSR count). The van der Waals surface area contributed by atoms with Crippen LogP contribution < -0.4 is 10.6 Å². The topological polar surface area (TPSA) is 50.4 Å². The maximum absolute atomic E-state index is 11.8. The number of rotatable bonds is 6. The molecule has 2 N–H and O–H groups in total. The lowest BCUT2D eigenvalue weighted by molar-refractivity contribution is -0.122. The van der Waals surface area contributed by atoms with Crippen LogP contribution in [0.1, 0.15) is 57.8 Å². The molecule has 124 valence electrons. The highest BCUT2D eigenvalue weighted by Crippen LogP contribution is 2.18. The fourth-order valence-corrected chi connectivity index (χ4v) is 3.25. The van der Waals surface area contributed by atoms with Crippen LogP contribution in [-0.4, -0.2) is 38.3 Å². The van der Waals surface area contributed by atoms with Crippen molar-refractivity contribution in [2.45, 2.75) is 63.8 Å². The molecule has 0 aromatic rings. The van der Waals surface area contributed by atoms with Crippen molar-refractivity contribution in [3.8, 4) is 0 Å². The summed E-state index contributed by atoms with van der Waals surface area (Å²) < 4.78 is 5.32. The third-order valence-electron chi connectivity index (χ3n) is 4.55. The summed E-state index contributed by atoms with van der Waals surface area (Å²) in [4.78, 5) is 11.8. The molecule has 0 unspecified atom stereocenters. The summed E-state index contributed by atoms with van der Waals surface area (Å²) in [5, 5.41) is 6.63. The summed E-state index contributed by atoms with van der Waals surface area (Å²) in [7, 11) is 0. The Morgan fingerprint density at radius 2 is 1.62 bits per heavy atom.